The minimum atomic E-state index is -3.81. The van der Waals surface area contributed by atoms with Crippen LogP contribution in [0, 0.1) is 0 Å². The van der Waals surface area contributed by atoms with Crippen LogP contribution in [0.1, 0.15) is 29.6 Å². The van der Waals surface area contributed by atoms with Crippen molar-refractivity contribution in [3.05, 3.63) is 40.1 Å². The highest BCUT2D eigenvalue weighted by Gasteiger charge is 2.29. The number of benzene rings is 1. The fourth-order valence-corrected chi connectivity index (χ4v) is 5.33. The SMILES string of the molecule is COCn1cc(NC(=O)c2cc(S(=O)(=O)N3CCCCC3)c(Cl)cc2Cl)cn1. The number of amides is 1. The number of carbonyl (C=O) groups excluding carboxylic acids is 1. The van der Waals surface area contributed by atoms with Crippen molar-refractivity contribution in [1.29, 1.82) is 0 Å². The van der Waals surface area contributed by atoms with E-state index in [2.05, 4.69) is 10.4 Å². The van der Waals surface area contributed by atoms with Crippen LogP contribution < -0.4 is 5.32 Å². The predicted octanol–water partition coefficient (Wildman–Crippen LogP) is 3.22. The van der Waals surface area contributed by atoms with Crippen LogP contribution in [-0.2, 0) is 21.5 Å². The highest BCUT2D eigenvalue weighted by molar-refractivity contribution is 7.89. The van der Waals surface area contributed by atoms with Gasteiger partial charge >= 0.3 is 0 Å². The van der Waals surface area contributed by atoms with Gasteiger partial charge < -0.3 is 10.1 Å². The van der Waals surface area contributed by atoms with Gasteiger partial charge in [0.05, 0.1) is 33.7 Å². The zero-order valence-corrected chi connectivity index (χ0v) is 17.5. The highest BCUT2D eigenvalue weighted by atomic mass is 35.5. The summed E-state index contributed by atoms with van der Waals surface area (Å²) in [4.78, 5) is 12.5. The second kappa shape index (κ2) is 8.79. The molecule has 1 N–H and O–H groups in total. The number of hydrogen-bond donors (Lipinski definition) is 1. The Morgan fingerprint density at radius 2 is 1.93 bits per heavy atom. The van der Waals surface area contributed by atoms with E-state index in [-0.39, 0.29) is 27.2 Å². The molecule has 1 aliphatic rings. The average molecular weight is 447 g/mol. The van der Waals surface area contributed by atoms with Crippen molar-refractivity contribution in [3.8, 4) is 0 Å². The monoisotopic (exact) mass is 446 g/mol. The van der Waals surface area contributed by atoms with Crippen molar-refractivity contribution in [2.24, 2.45) is 0 Å². The van der Waals surface area contributed by atoms with Crippen LogP contribution in [0.3, 0.4) is 0 Å². The molecule has 8 nitrogen and oxygen atoms in total. The van der Waals surface area contributed by atoms with Gasteiger partial charge in [-0.15, -0.1) is 0 Å². The summed E-state index contributed by atoms with van der Waals surface area (Å²) in [7, 11) is -2.29. The number of ether oxygens (including phenoxy) is 1. The zero-order valence-electron chi connectivity index (χ0n) is 15.2. The molecule has 11 heteroatoms. The molecular formula is C17H20Cl2N4O4S. The standard InChI is InChI=1S/C17H20Cl2N4O4S/c1-27-11-22-10-12(9-20-22)21-17(24)13-7-16(15(19)8-14(13)18)28(25,26)23-5-3-2-4-6-23/h7-10H,2-6,11H2,1H3,(H,21,24). The van der Waals surface area contributed by atoms with Crippen LogP contribution in [0.5, 0.6) is 0 Å². The Morgan fingerprint density at radius 1 is 1.21 bits per heavy atom. The van der Waals surface area contributed by atoms with Gasteiger partial charge in [0, 0.05) is 20.2 Å². The van der Waals surface area contributed by atoms with E-state index in [4.69, 9.17) is 27.9 Å². The third-order valence-electron chi connectivity index (χ3n) is 4.35. The summed E-state index contributed by atoms with van der Waals surface area (Å²) in [6, 6.07) is 2.51. The van der Waals surface area contributed by atoms with Crippen LogP contribution in [0.4, 0.5) is 5.69 Å². The molecule has 152 valence electrons. The smallest absolute Gasteiger partial charge is 0.257 e. The molecule has 0 radical (unpaired) electrons. The van der Waals surface area contributed by atoms with E-state index in [9.17, 15) is 13.2 Å². The Kier molecular flexibility index (Phi) is 6.61. The molecule has 0 spiro atoms. The van der Waals surface area contributed by atoms with Crippen LogP contribution in [0.2, 0.25) is 10.0 Å². The molecule has 0 bridgehead atoms. The van der Waals surface area contributed by atoms with Crippen LogP contribution in [0.25, 0.3) is 0 Å². The number of anilines is 1. The number of piperidine rings is 1. The quantitative estimate of drug-likeness (QED) is 0.734. The van der Waals surface area contributed by atoms with E-state index in [0.717, 1.165) is 19.3 Å². The van der Waals surface area contributed by atoms with Gasteiger partial charge in [-0.25, -0.2) is 13.1 Å². The Hall–Kier alpha value is -1.65. The first-order valence-corrected chi connectivity index (χ1v) is 10.8. The highest BCUT2D eigenvalue weighted by Crippen LogP contribution is 2.32. The Bertz CT molecular complexity index is 972. The van der Waals surface area contributed by atoms with Gasteiger partial charge in [-0.3, -0.25) is 4.79 Å². The molecule has 1 aliphatic heterocycles. The van der Waals surface area contributed by atoms with Crippen molar-refractivity contribution < 1.29 is 17.9 Å². The lowest BCUT2D eigenvalue weighted by atomic mass is 10.2. The molecule has 0 saturated carbocycles. The third-order valence-corrected chi connectivity index (χ3v) is 7.03. The lowest BCUT2D eigenvalue weighted by Crippen LogP contribution is -2.35. The van der Waals surface area contributed by atoms with Crippen molar-refractivity contribution in [1.82, 2.24) is 14.1 Å². The van der Waals surface area contributed by atoms with Crippen molar-refractivity contribution in [2.45, 2.75) is 30.9 Å². The molecule has 3 rings (SSSR count). The number of sulfonamides is 1. The largest absolute Gasteiger partial charge is 0.362 e. The van der Waals surface area contributed by atoms with Gasteiger partial charge in [0.15, 0.2) is 0 Å². The molecule has 1 saturated heterocycles. The Balaban J connectivity index is 1.89. The molecule has 1 aromatic heterocycles. The Morgan fingerprint density at radius 3 is 2.61 bits per heavy atom. The van der Waals surface area contributed by atoms with E-state index >= 15 is 0 Å². The molecule has 1 fully saturated rings. The number of nitrogens with zero attached hydrogens (tertiary/aromatic N) is 3. The zero-order chi connectivity index (χ0) is 20.3. The third kappa shape index (κ3) is 4.49. The molecule has 2 aromatic rings. The van der Waals surface area contributed by atoms with E-state index in [1.54, 1.807) is 6.20 Å². The van der Waals surface area contributed by atoms with Crippen LogP contribution >= 0.6 is 23.2 Å². The lowest BCUT2D eigenvalue weighted by Gasteiger charge is -2.26. The second-order valence-electron chi connectivity index (χ2n) is 6.37. The van der Waals surface area contributed by atoms with E-state index < -0.39 is 15.9 Å². The molecular weight excluding hydrogens is 427 g/mol. The number of carbonyl (C=O) groups is 1. The van der Waals surface area contributed by atoms with Crippen molar-refractivity contribution >= 4 is 44.8 Å². The Labute approximate surface area is 173 Å². The summed E-state index contributed by atoms with van der Waals surface area (Å²) in [6.07, 6.45) is 5.61. The van der Waals surface area contributed by atoms with Gasteiger partial charge in [-0.1, -0.05) is 29.6 Å². The number of aromatic nitrogens is 2. The van der Waals surface area contributed by atoms with Gasteiger partial charge in [-0.05, 0) is 25.0 Å². The number of methoxy groups -OCH3 is 1. The molecule has 1 amide bonds. The molecule has 0 unspecified atom stereocenters. The van der Waals surface area contributed by atoms with Gasteiger partial charge in [0.25, 0.3) is 5.91 Å². The molecule has 28 heavy (non-hydrogen) atoms. The fraction of sp³-hybridized carbons (Fsp3) is 0.412. The van der Waals surface area contributed by atoms with Crippen molar-refractivity contribution in [3.63, 3.8) is 0 Å². The summed E-state index contributed by atoms with van der Waals surface area (Å²) in [5.41, 5.74) is 0.439. The first-order valence-electron chi connectivity index (χ1n) is 8.65. The van der Waals surface area contributed by atoms with Gasteiger partial charge in [0.2, 0.25) is 10.0 Å². The number of nitrogens with one attached hydrogen (secondary N) is 1. The topological polar surface area (TPSA) is 93.5 Å². The summed E-state index contributed by atoms with van der Waals surface area (Å²) in [6.45, 7) is 1.10. The number of rotatable bonds is 6. The second-order valence-corrected chi connectivity index (χ2v) is 9.09. The van der Waals surface area contributed by atoms with Gasteiger partial charge in [-0.2, -0.15) is 9.40 Å². The number of halogens is 2. The molecule has 0 atom stereocenters. The first-order chi connectivity index (χ1) is 13.3. The van der Waals surface area contributed by atoms with Crippen LogP contribution in [-0.4, -0.2) is 48.6 Å². The minimum Gasteiger partial charge on any atom is -0.362 e. The maximum absolute atomic E-state index is 13.0. The van der Waals surface area contributed by atoms with E-state index in [1.165, 1.54) is 34.4 Å². The summed E-state index contributed by atoms with van der Waals surface area (Å²) in [5, 5.41) is 6.71. The summed E-state index contributed by atoms with van der Waals surface area (Å²) in [5.74, 6) is -0.561. The van der Waals surface area contributed by atoms with Crippen LogP contribution in [0.15, 0.2) is 29.4 Å². The lowest BCUT2D eigenvalue weighted by molar-refractivity contribution is 0.102. The molecule has 0 aliphatic carbocycles. The summed E-state index contributed by atoms with van der Waals surface area (Å²) < 4.78 is 33.8. The maximum atomic E-state index is 13.0. The molecule has 1 aromatic carbocycles. The van der Waals surface area contributed by atoms with Gasteiger partial charge in [0.1, 0.15) is 11.6 Å². The fourth-order valence-electron chi connectivity index (χ4n) is 2.97. The first kappa shape index (κ1) is 21.1. The maximum Gasteiger partial charge on any atom is 0.257 e. The van der Waals surface area contributed by atoms with Crippen molar-refractivity contribution in [2.75, 3.05) is 25.5 Å². The minimum absolute atomic E-state index is 0.0139. The average Bonchev–Trinajstić information content (AvgIpc) is 3.09. The van der Waals surface area contributed by atoms with E-state index in [0.29, 0.717) is 18.8 Å². The van der Waals surface area contributed by atoms with E-state index in [1.807, 2.05) is 0 Å². The normalized spacial score (nSPS) is 15.5. The molecule has 2 heterocycles. The predicted molar refractivity (Wildman–Crippen MR) is 106 cm³/mol. The summed E-state index contributed by atoms with van der Waals surface area (Å²) >= 11 is 12.3. The number of hydrogen-bond acceptors (Lipinski definition) is 5.